The summed E-state index contributed by atoms with van der Waals surface area (Å²) in [5.41, 5.74) is 7.08. The van der Waals surface area contributed by atoms with Crippen LogP contribution in [0.1, 0.15) is 24.8 Å². The molecule has 10 heteroatoms. The summed E-state index contributed by atoms with van der Waals surface area (Å²) in [6, 6.07) is 12.9. The van der Waals surface area contributed by atoms with Gasteiger partial charge in [-0.1, -0.05) is 6.07 Å². The Morgan fingerprint density at radius 1 is 1.22 bits per heavy atom. The van der Waals surface area contributed by atoms with E-state index in [1.165, 1.54) is 23.8 Å². The molecule has 186 valence electrons. The number of nitrogens with zero attached hydrogens (tertiary/aromatic N) is 4. The predicted octanol–water partition coefficient (Wildman–Crippen LogP) is 3.00. The predicted molar refractivity (Wildman–Crippen MR) is 132 cm³/mol. The normalized spacial score (nSPS) is 13.9. The number of rotatable bonds is 7. The molecule has 0 unspecified atom stereocenters. The third-order valence-corrected chi connectivity index (χ3v) is 6.26. The lowest BCUT2D eigenvalue weighted by Crippen LogP contribution is -2.43. The number of halogens is 1. The molecular weight excluding hydrogens is 465 g/mol. The standard InChI is InChI=1S/C26H26FN5O4/c1-36-20-6-4-16(5-7-20)24-23(17-2-3-18(15-28)21(27)14-17)30-25(31-11-8-19(29)9-12-31)26(35)32(24)13-10-22(33)34/h2-7,14,19H,8-13,29H2,1H3,(H,33,34). The van der Waals surface area contributed by atoms with Gasteiger partial charge in [0.2, 0.25) is 0 Å². The topological polar surface area (TPSA) is 134 Å². The Bertz CT molecular complexity index is 1370. The highest BCUT2D eigenvalue weighted by molar-refractivity contribution is 5.80. The maximum absolute atomic E-state index is 14.7. The van der Waals surface area contributed by atoms with E-state index in [1.54, 1.807) is 36.4 Å². The smallest absolute Gasteiger partial charge is 0.305 e. The maximum Gasteiger partial charge on any atom is 0.305 e. The molecule has 3 aromatic rings. The number of carboxylic acids is 1. The number of aromatic nitrogens is 2. The number of nitriles is 1. The van der Waals surface area contributed by atoms with E-state index in [0.717, 1.165) is 0 Å². The molecule has 4 rings (SSSR count). The van der Waals surface area contributed by atoms with Crippen molar-refractivity contribution in [3.63, 3.8) is 0 Å². The lowest BCUT2D eigenvalue weighted by molar-refractivity contribution is -0.137. The van der Waals surface area contributed by atoms with Gasteiger partial charge in [-0.15, -0.1) is 0 Å². The molecule has 1 saturated heterocycles. The van der Waals surface area contributed by atoms with Crippen LogP contribution in [0.3, 0.4) is 0 Å². The zero-order valence-corrected chi connectivity index (χ0v) is 19.8. The van der Waals surface area contributed by atoms with E-state index >= 15 is 0 Å². The fourth-order valence-electron chi connectivity index (χ4n) is 4.29. The van der Waals surface area contributed by atoms with Crippen molar-refractivity contribution in [2.45, 2.75) is 31.8 Å². The molecule has 0 atom stereocenters. The highest BCUT2D eigenvalue weighted by Gasteiger charge is 2.26. The molecule has 9 nitrogen and oxygen atoms in total. The third-order valence-electron chi connectivity index (χ3n) is 6.26. The molecule has 1 aliphatic rings. The van der Waals surface area contributed by atoms with Gasteiger partial charge in [0, 0.05) is 36.8 Å². The number of anilines is 1. The molecule has 2 aromatic carbocycles. The average molecular weight is 492 g/mol. The molecular formula is C26H26FN5O4. The third kappa shape index (κ3) is 5.06. The summed E-state index contributed by atoms with van der Waals surface area (Å²) in [6.07, 6.45) is 1.06. The molecule has 0 aliphatic carbocycles. The summed E-state index contributed by atoms with van der Waals surface area (Å²) >= 11 is 0. The Morgan fingerprint density at radius 2 is 1.89 bits per heavy atom. The van der Waals surface area contributed by atoms with Crippen molar-refractivity contribution in [1.82, 2.24) is 9.55 Å². The number of carbonyl (C=O) groups is 1. The Hall–Kier alpha value is -4.23. The summed E-state index contributed by atoms with van der Waals surface area (Å²) in [7, 11) is 1.53. The van der Waals surface area contributed by atoms with Crippen LogP contribution in [0.4, 0.5) is 10.2 Å². The lowest BCUT2D eigenvalue weighted by Gasteiger charge is -2.31. The van der Waals surface area contributed by atoms with E-state index in [0.29, 0.717) is 54.2 Å². The van der Waals surface area contributed by atoms with Gasteiger partial charge in [-0.2, -0.15) is 5.26 Å². The SMILES string of the molecule is COc1ccc(-c2c(-c3ccc(C#N)c(F)c3)nc(N3CCC(N)CC3)c(=O)n2CCC(=O)O)cc1. The van der Waals surface area contributed by atoms with Gasteiger partial charge in [0.1, 0.15) is 17.6 Å². The van der Waals surface area contributed by atoms with E-state index < -0.39 is 17.3 Å². The number of hydrogen-bond acceptors (Lipinski definition) is 7. The van der Waals surface area contributed by atoms with Gasteiger partial charge < -0.3 is 25.0 Å². The van der Waals surface area contributed by atoms with E-state index in [-0.39, 0.29) is 30.4 Å². The molecule has 2 heterocycles. The van der Waals surface area contributed by atoms with Gasteiger partial charge in [-0.3, -0.25) is 9.59 Å². The number of hydrogen-bond donors (Lipinski definition) is 2. The highest BCUT2D eigenvalue weighted by atomic mass is 19.1. The second kappa shape index (κ2) is 10.6. The van der Waals surface area contributed by atoms with Crippen LogP contribution in [0.2, 0.25) is 0 Å². The van der Waals surface area contributed by atoms with Crippen LogP contribution < -0.4 is 20.9 Å². The van der Waals surface area contributed by atoms with Crippen LogP contribution in [0, 0.1) is 17.1 Å². The molecule has 0 saturated carbocycles. The monoisotopic (exact) mass is 491 g/mol. The first-order valence-corrected chi connectivity index (χ1v) is 11.5. The Balaban J connectivity index is 2.00. The van der Waals surface area contributed by atoms with Gasteiger partial charge in [0.05, 0.1) is 30.5 Å². The van der Waals surface area contributed by atoms with Crippen LogP contribution in [-0.4, -0.2) is 46.9 Å². The Labute approximate surface area is 207 Å². The lowest BCUT2D eigenvalue weighted by atomic mass is 10.0. The summed E-state index contributed by atoms with van der Waals surface area (Å²) in [4.78, 5) is 31.7. The van der Waals surface area contributed by atoms with Crippen molar-refractivity contribution in [2.24, 2.45) is 5.73 Å². The first-order chi connectivity index (χ1) is 17.3. The molecule has 0 spiro atoms. The first-order valence-electron chi connectivity index (χ1n) is 11.5. The van der Waals surface area contributed by atoms with Gasteiger partial charge >= 0.3 is 5.97 Å². The summed E-state index contributed by atoms with van der Waals surface area (Å²) in [5, 5.41) is 18.5. The molecule has 3 N–H and O–H groups in total. The second-order valence-electron chi connectivity index (χ2n) is 8.59. The zero-order chi connectivity index (χ0) is 25.8. The number of ether oxygens (including phenoxy) is 1. The molecule has 1 fully saturated rings. The number of benzene rings is 2. The molecule has 1 aliphatic heterocycles. The fraction of sp³-hybridized carbons (Fsp3) is 0.308. The molecule has 0 amide bonds. The number of aliphatic carboxylic acids is 1. The summed E-state index contributed by atoms with van der Waals surface area (Å²) < 4.78 is 21.3. The first kappa shape index (κ1) is 24.9. The quantitative estimate of drug-likeness (QED) is 0.515. The van der Waals surface area contributed by atoms with E-state index in [9.17, 15) is 19.1 Å². The fourth-order valence-corrected chi connectivity index (χ4v) is 4.29. The summed E-state index contributed by atoms with van der Waals surface area (Å²) in [6.45, 7) is 0.931. The van der Waals surface area contributed by atoms with E-state index in [4.69, 9.17) is 20.7 Å². The minimum atomic E-state index is -1.06. The minimum absolute atomic E-state index is 0.0288. The molecule has 0 radical (unpaired) electrons. The van der Waals surface area contributed by atoms with Gasteiger partial charge in [0.25, 0.3) is 5.56 Å². The van der Waals surface area contributed by atoms with Crippen LogP contribution in [-0.2, 0) is 11.3 Å². The van der Waals surface area contributed by atoms with Crippen molar-refractivity contribution in [2.75, 3.05) is 25.1 Å². The molecule has 0 bridgehead atoms. The van der Waals surface area contributed by atoms with Crippen LogP contribution >= 0.6 is 0 Å². The van der Waals surface area contributed by atoms with E-state index in [1.807, 2.05) is 4.90 Å². The van der Waals surface area contributed by atoms with Gasteiger partial charge in [-0.25, -0.2) is 9.37 Å². The largest absolute Gasteiger partial charge is 0.497 e. The molecule has 1 aromatic heterocycles. The number of piperidine rings is 1. The van der Waals surface area contributed by atoms with Crippen molar-refractivity contribution in [3.05, 3.63) is 64.2 Å². The number of nitrogens with two attached hydrogens (primary N) is 1. The number of methoxy groups -OCH3 is 1. The van der Waals surface area contributed by atoms with Crippen molar-refractivity contribution in [3.8, 4) is 34.3 Å². The van der Waals surface area contributed by atoms with Crippen LogP contribution in [0.25, 0.3) is 22.5 Å². The maximum atomic E-state index is 14.7. The van der Waals surface area contributed by atoms with Gasteiger partial charge in [0.15, 0.2) is 5.82 Å². The Kier molecular flexibility index (Phi) is 7.31. The second-order valence-corrected chi connectivity index (χ2v) is 8.59. The Morgan fingerprint density at radius 3 is 2.47 bits per heavy atom. The molecule has 36 heavy (non-hydrogen) atoms. The van der Waals surface area contributed by atoms with Crippen molar-refractivity contribution >= 4 is 11.8 Å². The van der Waals surface area contributed by atoms with E-state index in [2.05, 4.69) is 0 Å². The highest BCUT2D eigenvalue weighted by Crippen LogP contribution is 2.33. The average Bonchev–Trinajstić information content (AvgIpc) is 2.88. The zero-order valence-electron chi connectivity index (χ0n) is 19.8. The van der Waals surface area contributed by atoms with Crippen LogP contribution in [0.5, 0.6) is 5.75 Å². The summed E-state index contributed by atoms with van der Waals surface area (Å²) in [5.74, 6) is -1.02. The van der Waals surface area contributed by atoms with Crippen LogP contribution in [0.15, 0.2) is 47.3 Å². The van der Waals surface area contributed by atoms with Gasteiger partial charge in [-0.05, 0) is 49.2 Å². The minimum Gasteiger partial charge on any atom is -0.497 e. The van der Waals surface area contributed by atoms with Crippen molar-refractivity contribution in [1.29, 1.82) is 5.26 Å². The number of carboxylic acid groups (broad SMARTS) is 1. The van der Waals surface area contributed by atoms with Crippen molar-refractivity contribution < 1.29 is 19.0 Å².